The minimum atomic E-state index is -0.433. The maximum atomic E-state index is 11.0. The summed E-state index contributed by atoms with van der Waals surface area (Å²) in [6.07, 6.45) is 0.806. The molecular weight excluding hydrogens is 206 g/mol. The van der Waals surface area contributed by atoms with E-state index in [0.717, 1.165) is 12.8 Å². The van der Waals surface area contributed by atoms with Gasteiger partial charge in [-0.15, -0.1) is 0 Å². The standard InChI is InChI=1S/C12H15NO3/c14-8-11-10(13-12(15)16-11)7-6-9-4-2-1-3-5-9/h1-5,10-11,14H,6-8H2,(H,13,15). The quantitative estimate of drug-likeness (QED) is 0.800. The second-order valence-electron chi connectivity index (χ2n) is 3.90. The van der Waals surface area contributed by atoms with E-state index >= 15 is 0 Å². The van der Waals surface area contributed by atoms with Crippen molar-refractivity contribution in [2.75, 3.05) is 6.61 Å². The Labute approximate surface area is 94.2 Å². The van der Waals surface area contributed by atoms with Crippen LogP contribution in [0.4, 0.5) is 4.79 Å². The van der Waals surface area contributed by atoms with Gasteiger partial charge in [0, 0.05) is 0 Å². The molecule has 1 aromatic rings. The number of benzene rings is 1. The monoisotopic (exact) mass is 221 g/mol. The minimum Gasteiger partial charge on any atom is -0.442 e. The third kappa shape index (κ3) is 2.52. The summed E-state index contributed by atoms with van der Waals surface area (Å²) in [6.45, 7) is -0.127. The molecule has 0 saturated carbocycles. The Bertz CT molecular complexity index is 353. The molecule has 16 heavy (non-hydrogen) atoms. The molecule has 1 saturated heterocycles. The number of cyclic esters (lactones) is 1. The molecule has 0 aliphatic carbocycles. The van der Waals surface area contributed by atoms with Gasteiger partial charge in [-0.2, -0.15) is 0 Å². The van der Waals surface area contributed by atoms with Gasteiger partial charge in [-0.25, -0.2) is 4.79 Å². The first-order valence-electron chi connectivity index (χ1n) is 5.41. The average Bonchev–Trinajstić information content (AvgIpc) is 2.68. The predicted molar refractivity (Wildman–Crippen MR) is 59.0 cm³/mol. The number of aryl methyl sites for hydroxylation is 1. The van der Waals surface area contributed by atoms with Crippen molar-refractivity contribution in [1.29, 1.82) is 0 Å². The highest BCUT2D eigenvalue weighted by Gasteiger charge is 2.32. The Morgan fingerprint density at radius 1 is 1.31 bits per heavy atom. The molecule has 4 heteroatoms. The summed E-state index contributed by atoms with van der Waals surface area (Å²) < 4.78 is 4.91. The van der Waals surface area contributed by atoms with Crippen molar-refractivity contribution in [3.8, 4) is 0 Å². The number of hydrogen-bond acceptors (Lipinski definition) is 3. The van der Waals surface area contributed by atoms with Gasteiger partial charge in [0.25, 0.3) is 0 Å². The van der Waals surface area contributed by atoms with Crippen LogP contribution in [0.2, 0.25) is 0 Å². The van der Waals surface area contributed by atoms with Gasteiger partial charge in [-0.05, 0) is 18.4 Å². The lowest BCUT2D eigenvalue weighted by Crippen LogP contribution is -2.33. The number of carbonyl (C=O) groups excluding carboxylic acids is 1. The lowest BCUT2D eigenvalue weighted by atomic mass is 10.0. The lowest BCUT2D eigenvalue weighted by Gasteiger charge is -2.14. The molecule has 1 fully saturated rings. The average molecular weight is 221 g/mol. The second kappa shape index (κ2) is 4.99. The first kappa shape index (κ1) is 11.0. The third-order valence-corrected chi connectivity index (χ3v) is 2.78. The molecule has 2 N–H and O–H groups in total. The maximum absolute atomic E-state index is 11.0. The molecule has 2 rings (SSSR count). The van der Waals surface area contributed by atoms with E-state index in [-0.39, 0.29) is 12.6 Å². The SMILES string of the molecule is O=C1NC(CCc2ccccc2)C(CO)O1. The Morgan fingerprint density at radius 3 is 2.75 bits per heavy atom. The minimum absolute atomic E-state index is 0.0855. The molecule has 0 spiro atoms. The van der Waals surface area contributed by atoms with Crippen LogP contribution in [0.15, 0.2) is 30.3 Å². The van der Waals surface area contributed by atoms with Crippen molar-refractivity contribution in [1.82, 2.24) is 5.32 Å². The topological polar surface area (TPSA) is 58.6 Å². The van der Waals surface area contributed by atoms with Crippen LogP contribution in [0.1, 0.15) is 12.0 Å². The summed E-state index contributed by atoms with van der Waals surface area (Å²) in [5, 5.41) is 11.7. The lowest BCUT2D eigenvalue weighted by molar-refractivity contribution is 0.0817. The molecule has 2 unspecified atom stereocenters. The van der Waals surface area contributed by atoms with Gasteiger partial charge in [0.05, 0.1) is 12.6 Å². The highest BCUT2D eigenvalue weighted by Crippen LogP contribution is 2.14. The first-order valence-corrected chi connectivity index (χ1v) is 5.41. The number of alkyl carbamates (subject to hydrolysis) is 1. The maximum Gasteiger partial charge on any atom is 0.407 e. The molecule has 1 amide bonds. The summed E-state index contributed by atoms with van der Waals surface area (Å²) in [7, 11) is 0. The van der Waals surface area contributed by atoms with Crippen molar-refractivity contribution in [2.24, 2.45) is 0 Å². The van der Waals surface area contributed by atoms with E-state index in [0.29, 0.717) is 0 Å². The number of nitrogens with one attached hydrogen (secondary N) is 1. The molecule has 0 radical (unpaired) electrons. The molecule has 1 heterocycles. The normalized spacial score (nSPS) is 23.9. The molecule has 4 nitrogen and oxygen atoms in total. The van der Waals surface area contributed by atoms with E-state index in [1.54, 1.807) is 0 Å². The molecular formula is C12H15NO3. The van der Waals surface area contributed by atoms with Gasteiger partial charge in [-0.3, -0.25) is 0 Å². The fraction of sp³-hybridized carbons (Fsp3) is 0.417. The van der Waals surface area contributed by atoms with Gasteiger partial charge in [-0.1, -0.05) is 30.3 Å². The largest absolute Gasteiger partial charge is 0.442 e. The summed E-state index contributed by atoms with van der Waals surface area (Å²) >= 11 is 0. The van der Waals surface area contributed by atoms with Gasteiger partial charge >= 0.3 is 6.09 Å². The van der Waals surface area contributed by atoms with Gasteiger partial charge in [0.1, 0.15) is 6.10 Å². The highest BCUT2D eigenvalue weighted by atomic mass is 16.6. The highest BCUT2D eigenvalue weighted by molar-refractivity contribution is 5.70. The van der Waals surface area contributed by atoms with Crippen molar-refractivity contribution in [2.45, 2.75) is 25.0 Å². The zero-order valence-electron chi connectivity index (χ0n) is 8.93. The van der Waals surface area contributed by atoms with E-state index in [1.165, 1.54) is 5.56 Å². The van der Waals surface area contributed by atoms with Crippen LogP contribution in [0.5, 0.6) is 0 Å². The van der Waals surface area contributed by atoms with E-state index in [4.69, 9.17) is 9.84 Å². The fourth-order valence-electron chi connectivity index (χ4n) is 1.89. The van der Waals surface area contributed by atoms with Crippen LogP contribution in [-0.2, 0) is 11.2 Å². The second-order valence-corrected chi connectivity index (χ2v) is 3.90. The Kier molecular flexibility index (Phi) is 3.41. The van der Waals surface area contributed by atoms with Crippen LogP contribution in [0.3, 0.4) is 0 Å². The zero-order chi connectivity index (χ0) is 11.4. The number of aliphatic hydroxyl groups excluding tert-OH is 1. The van der Waals surface area contributed by atoms with E-state index in [9.17, 15) is 4.79 Å². The van der Waals surface area contributed by atoms with Crippen molar-refractivity contribution in [3.63, 3.8) is 0 Å². The van der Waals surface area contributed by atoms with Crippen LogP contribution in [0, 0.1) is 0 Å². The number of amides is 1. The number of ether oxygens (including phenoxy) is 1. The number of aliphatic hydroxyl groups is 1. The molecule has 1 aliphatic rings. The zero-order valence-corrected chi connectivity index (χ0v) is 8.93. The van der Waals surface area contributed by atoms with E-state index < -0.39 is 12.2 Å². The van der Waals surface area contributed by atoms with Crippen molar-refractivity contribution in [3.05, 3.63) is 35.9 Å². The first-order chi connectivity index (χ1) is 7.79. The van der Waals surface area contributed by atoms with E-state index in [2.05, 4.69) is 5.32 Å². The van der Waals surface area contributed by atoms with Crippen molar-refractivity contribution < 1.29 is 14.6 Å². The Morgan fingerprint density at radius 2 is 2.06 bits per heavy atom. The molecule has 0 aromatic heterocycles. The van der Waals surface area contributed by atoms with Crippen LogP contribution >= 0.6 is 0 Å². The molecule has 1 aliphatic heterocycles. The summed E-state index contributed by atoms with van der Waals surface area (Å²) in [6, 6.07) is 9.96. The Balaban J connectivity index is 1.88. The van der Waals surface area contributed by atoms with Crippen molar-refractivity contribution >= 4 is 6.09 Å². The van der Waals surface area contributed by atoms with E-state index in [1.807, 2.05) is 30.3 Å². The molecule has 2 atom stereocenters. The molecule has 86 valence electrons. The molecule has 0 bridgehead atoms. The summed E-state index contributed by atoms with van der Waals surface area (Å²) in [5.74, 6) is 0. The number of rotatable bonds is 4. The Hall–Kier alpha value is -1.55. The van der Waals surface area contributed by atoms with Gasteiger partial charge < -0.3 is 15.2 Å². The van der Waals surface area contributed by atoms with Crippen LogP contribution in [-0.4, -0.2) is 30.0 Å². The van der Waals surface area contributed by atoms with Crippen LogP contribution in [0.25, 0.3) is 0 Å². The number of carbonyl (C=O) groups is 1. The summed E-state index contributed by atoms with van der Waals surface area (Å²) in [5.41, 5.74) is 1.22. The molecule has 1 aromatic carbocycles. The number of hydrogen-bond donors (Lipinski definition) is 2. The van der Waals surface area contributed by atoms with Gasteiger partial charge in [0.2, 0.25) is 0 Å². The predicted octanol–water partition coefficient (Wildman–Crippen LogP) is 1.09. The van der Waals surface area contributed by atoms with Gasteiger partial charge in [0.15, 0.2) is 0 Å². The fourth-order valence-corrected chi connectivity index (χ4v) is 1.89. The summed E-state index contributed by atoms with van der Waals surface area (Å²) in [4.78, 5) is 11.0. The smallest absolute Gasteiger partial charge is 0.407 e. The van der Waals surface area contributed by atoms with Crippen LogP contribution < -0.4 is 5.32 Å². The third-order valence-electron chi connectivity index (χ3n) is 2.78.